The average molecular weight is 339 g/mol. The summed E-state index contributed by atoms with van der Waals surface area (Å²) in [6.07, 6.45) is 0.888. The maximum atomic E-state index is 12.1. The number of benzene rings is 1. The van der Waals surface area contributed by atoms with Gasteiger partial charge in [-0.15, -0.1) is 0 Å². The fourth-order valence-electron chi connectivity index (χ4n) is 2.50. The number of carbonyl (C=O) groups excluding carboxylic acids is 1. The van der Waals surface area contributed by atoms with Crippen LogP contribution in [0.15, 0.2) is 18.2 Å². The van der Waals surface area contributed by atoms with Crippen LogP contribution in [0.3, 0.4) is 0 Å². The Kier molecular flexibility index (Phi) is 5.14. The number of ether oxygens (including phenoxy) is 1. The highest BCUT2D eigenvalue weighted by molar-refractivity contribution is 6.62. The second-order valence-corrected chi connectivity index (χ2v) is 8.16. The van der Waals surface area contributed by atoms with Gasteiger partial charge in [0.1, 0.15) is 5.75 Å². The maximum absolute atomic E-state index is 12.1. The summed E-state index contributed by atoms with van der Waals surface area (Å²) in [5.74, 6) is 0.0838. The van der Waals surface area contributed by atoms with Crippen LogP contribution < -0.4 is 10.2 Å². The van der Waals surface area contributed by atoms with Gasteiger partial charge in [-0.05, 0) is 71.6 Å². The summed E-state index contributed by atoms with van der Waals surface area (Å²) in [6.45, 7) is 11.5. The number of rotatable bonds is 2. The van der Waals surface area contributed by atoms with Crippen molar-refractivity contribution in [1.29, 1.82) is 0 Å². The largest absolute Gasteiger partial charge is 0.494 e. The van der Waals surface area contributed by atoms with Crippen LogP contribution in [0.25, 0.3) is 0 Å². The summed E-state index contributed by atoms with van der Waals surface area (Å²) in [5.41, 5.74) is -0.127. The first-order valence-corrected chi connectivity index (χ1v) is 8.20. The average Bonchev–Trinajstić information content (AvgIpc) is 2.34. The number of esters is 1. The Hall–Kier alpha value is -1.04. The van der Waals surface area contributed by atoms with E-state index in [1.54, 1.807) is 39.0 Å². The van der Waals surface area contributed by atoms with Crippen LogP contribution in [-0.4, -0.2) is 24.8 Å². The van der Waals surface area contributed by atoms with Crippen molar-refractivity contribution in [3.63, 3.8) is 0 Å². The van der Waals surface area contributed by atoms with Gasteiger partial charge in [-0.2, -0.15) is 0 Å². The highest BCUT2D eigenvalue weighted by atomic mass is 35.5. The van der Waals surface area contributed by atoms with Crippen LogP contribution in [0.2, 0.25) is 5.02 Å². The predicted molar refractivity (Wildman–Crippen MR) is 92.3 cm³/mol. The molecule has 0 bridgehead atoms. The molecular formula is C17H24BClO4. The van der Waals surface area contributed by atoms with Crippen LogP contribution in [-0.2, 0) is 14.1 Å². The van der Waals surface area contributed by atoms with Gasteiger partial charge in [0, 0.05) is 11.1 Å². The molecule has 1 aliphatic rings. The van der Waals surface area contributed by atoms with Gasteiger partial charge in [0.05, 0.1) is 11.0 Å². The summed E-state index contributed by atoms with van der Waals surface area (Å²) in [6, 6.07) is 5.13. The standard InChI is InChI=1S/C17H24BClO4/c1-11-10-17(5,6)23-18(22-11)12-7-13(19)9-14(8-12)21-15(20)16(2,3)4/h7-9,11H,10H2,1-6H3. The lowest BCUT2D eigenvalue weighted by Crippen LogP contribution is -2.51. The lowest BCUT2D eigenvalue weighted by molar-refractivity contribution is -0.143. The Morgan fingerprint density at radius 3 is 2.57 bits per heavy atom. The Bertz CT molecular complexity index is 595. The SMILES string of the molecule is CC1CC(C)(C)OB(c2cc(Cl)cc(OC(=O)C(C)(C)C)c2)O1. The topological polar surface area (TPSA) is 44.8 Å². The lowest BCUT2D eigenvalue weighted by atomic mass is 9.75. The second-order valence-electron chi connectivity index (χ2n) is 7.72. The van der Waals surface area contributed by atoms with E-state index in [0.29, 0.717) is 10.8 Å². The summed E-state index contributed by atoms with van der Waals surface area (Å²) >= 11 is 6.17. The van der Waals surface area contributed by atoms with E-state index in [9.17, 15) is 4.79 Å². The Morgan fingerprint density at radius 1 is 1.35 bits per heavy atom. The first kappa shape index (κ1) is 18.3. The Labute approximate surface area is 143 Å². The molecule has 0 aliphatic carbocycles. The lowest BCUT2D eigenvalue weighted by Gasteiger charge is -2.38. The molecule has 1 fully saturated rings. The third-order valence-corrected chi connectivity index (χ3v) is 3.77. The normalized spacial score (nSPS) is 21.2. The molecule has 2 rings (SSSR count). The minimum absolute atomic E-state index is 0.0725. The summed E-state index contributed by atoms with van der Waals surface area (Å²) in [4.78, 5) is 12.1. The van der Waals surface area contributed by atoms with E-state index in [1.807, 2.05) is 20.8 Å². The quantitative estimate of drug-likeness (QED) is 0.469. The Morgan fingerprint density at radius 2 is 2.00 bits per heavy atom. The Balaban J connectivity index is 2.25. The van der Waals surface area contributed by atoms with Gasteiger partial charge in [-0.25, -0.2) is 0 Å². The van der Waals surface area contributed by atoms with E-state index in [4.69, 9.17) is 25.6 Å². The van der Waals surface area contributed by atoms with Crippen molar-refractivity contribution in [1.82, 2.24) is 0 Å². The number of halogens is 1. The molecule has 0 N–H and O–H groups in total. The number of hydrogen-bond acceptors (Lipinski definition) is 4. The van der Waals surface area contributed by atoms with E-state index >= 15 is 0 Å². The van der Waals surface area contributed by atoms with Crippen LogP contribution >= 0.6 is 11.6 Å². The molecule has 0 amide bonds. The molecule has 6 heteroatoms. The molecule has 1 aromatic rings. The molecule has 126 valence electrons. The van der Waals surface area contributed by atoms with Crippen molar-refractivity contribution in [3.05, 3.63) is 23.2 Å². The minimum Gasteiger partial charge on any atom is -0.426 e. The van der Waals surface area contributed by atoms with Gasteiger partial charge in [0.15, 0.2) is 0 Å². The molecule has 1 saturated heterocycles. The van der Waals surface area contributed by atoms with Gasteiger partial charge >= 0.3 is 13.1 Å². The first-order chi connectivity index (χ1) is 10.5. The highest BCUT2D eigenvalue weighted by Gasteiger charge is 2.38. The molecule has 1 aromatic carbocycles. The van der Waals surface area contributed by atoms with Crippen molar-refractivity contribution in [2.24, 2.45) is 5.41 Å². The molecular weight excluding hydrogens is 314 g/mol. The van der Waals surface area contributed by atoms with E-state index in [1.165, 1.54) is 0 Å². The minimum atomic E-state index is -0.586. The highest BCUT2D eigenvalue weighted by Crippen LogP contribution is 2.27. The van der Waals surface area contributed by atoms with Gasteiger partial charge in [-0.3, -0.25) is 4.79 Å². The molecule has 1 heterocycles. The zero-order valence-corrected chi connectivity index (χ0v) is 15.4. The predicted octanol–water partition coefficient (Wildman–Crippen LogP) is 3.59. The van der Waals surface area contributed by atoms with E-state index in [-0.39, 0.29) is 17.7 Å². The zero-order valence-electron chi connectivity index (χ0n) is 14.6. The summed E-state index contributed by atoms with van der Waals surface area (Å²) in [7, 11) is -0.528. The fourth-order valence-corrected chi connectivity index (χ4v) is 2.74. The fraction of sp³-hybridized carbons (Fsp3) is 0.588. The van der Waals surface area contributed by atoms with E-state index in [2.05, 4.69) is 0 Å². The van der Waals surface area contributed by atoms with Crippen molar-refractivity contribution in [3.8, 4) is 5.75 Å². The summed E-state index contributed by atoms with van der Waals surface area (Å²) in [5, 5.41) is 0.474. The van der Waals surface area contributed by atoms with Gasteiger partial charge in [0.2, 0.25) is 0 Å². The molecule has 1 aliphatic heterocycles. The molecule has 1 atom stereocenters. The van der Waals surface area contributed by atoms with Gasteiger partial charge < -0.3 is 14.0 Å². The zero-order chi connectivity index (χ0) is 17.4. The van der Waals surface area contributed by atoms with Crippen LogP contribution in [0, 0.1) is 5.41 Å². The van der Waals surface area contributed by atoms with Crippen molar-refractivity contribution in [2.75, 3.05) is 0 Å². The molecule has 23 heavy (non-hydrogen) atoms. The first-order valence-electron chi connectivity index (χ1n) is 7.82. The van der Waals surface area contributed by atoms with Crippen LogP contribution in [0.4, 0.5) is 0 Å². The van der Waals surface area contributed by atoms with Crippen LogP contribution in [0.5, 0.6) is 5.75 Å². The second kappa shape index (κ2) is 6.46. The maximum Gasteiger partial charge on any atom is 0.494 e. The van der Waals surface area contributed by atoms with E-state index < -0.39 is 12.5 Å². The van der Waals surface area contributed by atoms with Gasteiger partial charge in [0.25, 0.3) is 0 Å². The summed E-state index contributed by atoms with van der Waals surface area (Å²) < 4.78 is 17.3. The van der Waals surface area contributed by atoms with Crippen molar-refractivity contribution >= 4 is 30.2 Å². The van der Waals surface area contributed by atoms with Crippen molar-refractivity contribution in [2.45, 2.75) is 59.7 Å². The van der Waals surface area contributed by atoms with Gasteiger partial charge in [-0.1, -0.05) is 11.6 Å². The molecule has 1 unspecified atom stereocenters. The molecule has 0 saturated carbocycles. The van der Waals surface area contributed by atoms with E-state index in [0.717, 1.165) is 11.9 Å². The smallest absolute Gasteiger partial charge is 0.426 e. The monoisotopic (exact) mass is 338 g/mol. The molecule has 0 aromatic heterocycles. The number of hydrogen-bond donors (Lipinski definition) is 0. The van der Waals surface area contributed by atoms with Crippen molar-refractivity contribution < 1.29 is 18.8 Å². The number of carbonyl (C=O) groups is 1. The third kappa shape index (κ3) is 4.97. The van der Waals surface area contributed by atoms with Crippen LogP contribution in [0.1, 0.15) is 48.0 Å². The molecule has 0 radical (unpaired) electrons. The molecule has 0 spiro atoms. The molecule has 4 nitrogen and oxygen atoms in total. The third-order valence-electron chi connectivity index (χ3n) is 3.55.